The third kappa shape index (κ3) is 0.832. The molecule has 0 bridgehead atoms. The van der Waals surface area contributed by atoms with Gasteiger partial charge in [0.05, 0.1) is 5.54 Å². The van der Waals surface area contributed by atoms with Gasteiger partial charge in [0.2, 0.25) is 0 Å². The lowest BCUT2D eigenvalue weighted by Crippen LogP contribution is -2.56. The quantitative estimate of drug-likeness (QED) is 0.572. The number of carbonyl (C=O) groups excluding carboxylic acids is 1. The molecule has 1 saturated heterocycles. The predicted molar refractivity (Wildman–Crippen MR) is 40.2 cm³/mol. The highest BCUT2D eigenvalue weighted by atomic mass is 16.6. The maximum Gasteiger partial charge on any atom is 0.408 e. The highest BCUT2D eigenvalue weighted by Crippen LogP contribution is 2.43. The smallest absolute Gasteiger partial charge is 0.408 e. The van der Waals surface area contributed by atoms with Crippen molar-refractivity contribution in [3.8, 4) is 0 Å². The molecule has 1 aliphatic carbocycles. The maximum absolute atomic E-state index is 10.8. The molecular weight excluding hydrogens is 142 g/mol. The van der Waals surface area contributed by atoms with E-state index in [0.29, 0.717) is 0 Å². The third-order valence-corrected chi connectivity index (χ3v) is 2.84. The minimum Gasteiger partial charge on any atom is -0.444 e. The van der Waals surface area contributed by atoms with Crippen molar-refractivity contribution in [3.63, 3.8) is 0 Å². The molecule has 0 aromatic carbocycles. The van der Waals surface area contributed by atoms with E-state index in [1.165, 1.54) is 0 Å². The number of cyclic esters (lactones) is 1. The minimum atomic E-state index is -0.246. The zero-order valence-corrected chi connectivity index (χ0v) is 6.89. The summed E-state index contributed by atoms with van der Waals surface area (Å²) in [6.45, 7) is 4.16. The topological polar surface area (TPSA) is 38.3 Å². The van der Waals surface area contributed by atoms with Gasteiger partial charge in [-0.15, -0.1) is 0 Å². The first-order chi connectivity index (χ1) is 5.12. The van der Waals surface area contributed by atoms with E-state index in [9.17, 15) is 4.79 Å². The van der Waals surface area contributed by atoms with Crippen molar-refractivity contribution < 1.29 is 9.53 Å². The molecule has 1 atom stereocenters. The van der Waals surface area contributed by atoms with Crippen LogP contribution in [0.2, 0.25) is 0 Å². The summed E-state index contributed by atoms with van der Waals surface area (Å²) in [5.41, 5.74) is -0.00347. The molecule has 2 rings (SSSR count). The Kier molecular flexibility index (Phi) is 1.20. The van der Waals surface area contributed by atoms with Crippen molar-refractivity contribution in [2.45, 2.75) is 38.3 Å². The van der Waals surface area contributed by atoms with Crippen LogP contribution in [0.4, 0.5) is 4.79 Å². The number of nitrogens with one attached hydrogen (secondary N) is 1. The largest absolute Gasteiger partial charge is 0.444 e. The molecule has 11 heavy (non-hydrogen) atoms. The molecule has 0 aromatic rings. The first kappa shape index (κ1) is 6.95. The van der Waals surface area contributed by atoms with Crippen LogP contribution in [0.1, 0.15) is 26.7 Å². The Hall–Kier alpha value is -0.730. The van der Waals surface area contributed by atoms with Gasteiger partial charge in [0.15, 0.2) is 0 Å². The molecule has 1 N–H and O–H groups in total. The lowest BCUT2D eigenvalue weighted by atomic mass is 9.67. The van der Waals surface area contributed by atoms with Crippen LogP contribution >= 0.6 is 0 Å². The van der Waals surface area contributed by atoms with Gasteiger partial charge in [0.25, 0.3) is 0 Å². The molecular formula is C8H13NO2. The van der Waals surface area contributed by atoms with Crippen molar-refractivity contribution >= 4 is 6.09 Å². The average molecular weight is 155 g/mol. The third-order valence-electron chi connectivity index (χ3n) is 2.84. The molecule has 2 fully saturated rings. The molecule has 0 unspecified atom stereocenters. The Balaban J connectivity index is 2.10. The number of rotatable bonds is 0. The zero-order chi connectivity index (χ0) is 8.06. The van der Waals surface area contributed by atoms with Gasteiger partial charge in [-0.05, 0) is 25.7 Å². The fraction of sp³-hybridized carbons (Fsp3) is 0.875. The Morgan fingerprint density at radius 3 is 2.55 bits per heavy atom. The summed E-state index contributed by atoms with van der Waals surface area (Å²) in [5.74, 6) is 0.736. The zero-order valence-electron chi connectivity index (χ0n) is 6.89. The minimum absolute atomic E-state index is 0.00347. The van der Waals surface area contributed by atoms with Gasteiger partial charge in [-0.25, -0.2) is 4.79 Å². The van der Waals surface area contributed by atoms with Gasteiger partial charge < -0.3 is 10.1 Å². The number of alkyl carbamates (subject to hydrolysis) is 1. The molecule has 0 aromatic heterocycles. The molecule has 1 heterocycles. The Bertz CT molecular complexity index is 196. The van der Waals surface area contributed by atoms with E-state index in [1.807, 2.05) is 6.92 Å². The van der Waals surface area contributed by atoms with E-state index in [2.05, 4.69) is 12.2 Å². The second kappa shape index (κ2) is 1.90. The summed E-state index contributed by atoms with van der Waals surface area (Å²) in [5, 5.41) is 2.89. The molecule has 1 saturated carbocycles. The molecule has 2 aliphatic rings. The fourth-order valence-electron chi connectivity index (χ4n) is 2.23. The van der Waals surface area contributed by atoms with Gasteiger partial charge in [0, 0.05) is 0 Å². The van der Waals surface area contributed by atoms with Crippen LogP contribution in [0.15, 0.2) is 0 Å². The van der Waals surface area contributed by atoms with E-state index in [0.717, 1.165) is 18.8 Å². The lowest BCUT2D eigenvalue weighted by Gasteiger charge is -2.44. The van der Waals surface area contributed by atoms with Crippen molar-refractivity contribution in [2.24, 2.45) is 5.92 Å². The van der Waals surface area contributed by atoms with Gasteiger partial charge in [-0.1, -0.05) is 6.92 Å². The van der Waals surface area contributed by atoms with Crippen LogP contribution in [0, 0.1) is 5.92 Å². The van der Waals surface area contributed by atoms with Crippen molar-refractivity contribution in [1.82, 2.24) is 5.32 Å². The van der Waals surface area contributed by atoms with E-state index in [1.54, 1.807) is 0 Å². The van der Waals surface area contributed by atoms with Gasteiger partial charge in [0.1, 0.15) is 6.10 Å². The van der Waals surface area contributed by atoms with Crippen LogP contribution in [0.3, 0.4) is 0 Å². The number of carbonyl (C=O) groups is 1. The van der Waals surface area contributed by atoms with Gasteiger partial charge >= 0.3 is 6.09 Å². The summed E-state index contributed by atoms with van der Waals surface area (Å²) in [7, 11) is 0. The van der Waals surface area contributed by atoms with E-state index >= 15 is 0 Å². The Morgan fingerprint density at radius 2 is 2.18 bits per heavy atom. The highest BCUT2D eigenvalue weighted by Gasteiger charge is 2.53. The van der Waals surface area contributed by atoms with Crippen LogP contribution in [0.5, 0.6) is 0 Å². The second-order valence-electron chi connectivity index (χ2n) is 3.84. The van der Waals surface area contributed by atoms with Crippen molar-refractivity contribution in [1.29, 1.82) is 0 Å². The molecule has 1 spiro atoms. The molecule has 62 valence electrons. The predicted octanol–water partition coefficient (Wildman–Crippen LogP) is 1.28. The summed E-state index contributed by atoms with van der Waals surface area (Å²) in [6.07, 6.45) is 1.95. The van der Waals surface area contributed by atoms with Crippen LogP contribution < -0.4 is 5.32 Å². The lowest BCUT2D eigenvalue weighted by molar-refractivity contribution is 0.0517. The molecule has 0 radical (unpaired) electrons. The maximum atomic E-state index is 10.8. The fourth-order valence-corrected chi connectivity index (χ4v) is 2.23. The summed E-state index contributed by atoms with van der Waals surface area (Å²) in [6, 6.07) is 0. The number of amides is 1. The molecule has 3 heteroatoms. The highest BCUT2D eigenvalue weighted by molar-refractivity contribution is 5.71. The first-order valence-corrected chi connectivity index (χ1v) is 4.11. The van der Waals surface area contributed by atoms with Crippen molar-refractivity contribution in [2.75, 3.05) is 0 Å². The van der Waals surface area contributed by atoms with Gasteiger partial charge in [-0.3, -0.25) is 0 Å². The summed E-state index contributed by atoms with van der Waals surface area (Å²) >= 11 is 0. The van der Waals surface area contributed by atoms with E-state index in [-0.39, 0.29) is 17.7 Å². The molecule has 3 nitrogen and oxygen atoms in total. The monoisotopic (exact) mass is 155 g/mol. The normalized spacial score (nSPS) is 48.4. The number of hydrogen-bond acceptors (Lipinski definition) is 2. The van der Waals surface area contributed by atoms with Crippen molar-refractivity contribution in [3.05, 3.63) is 0 Å². The van der Waals surface area contributed by atoms with E-state index < -0.39 is 0 Å². The average Bonchev–Trinajstić information content (AvgIpc) is 2.06. The van der Waals surface area contributed by atoms with Crippen LogP contribution in [-0.4, -0.2) is 17.7 Å². The standard InChI is InChI=1S/C8H13NO2/c1-5-3-8(4-5)6(2)11-7(10)9-8/h5-6H,3-4H2,1-2H3,(H,9,10)/t5?,6-,8?/m1/s1. The number of ether oxygens (including phenoxy) is 1. The molecule has 1 aliphatic heterocycles. The van der Waals surface area contributed by atoms with Gasteiger partial charge in [-0.2, -0.15) is 0 Å². The summed E-state index contributed by atoms with van der Waals surface area (Å²) in [4.78, 5) is 10.8. The first-order valence-electron chi connectivity index (χ1n) is 4.11. The Morgan fingerprint density at radius 1 is 1.55 bits per heavy atom. The van der Waals surface area contributed by atoms with E-state index in [4.69, 9.17) is 4.74 Å². The number of hydrogen-bond donors (Lipinski definition) is 1. The van der Waals surface area contributed by atoms with Crippen LogP contribution in [0.25, 0.3) is 0 Å². The molecule has 1 amide bonds. The summed E-state index contributed by atoms with van der Waals surface area (Å²) < 4.78 is 5.02. The Labute approximate surface area is 66.1 Å². The second-order valence-corrected chi connectivity index (χ2v) is 3.84. The SMILES string of the molecule is CC1CC2(C1)NC(=O)O[C@@H]2C. The van der Waals surface area contributed by atoms with Crippen LogP contribution in [-0.2, 0) is 4.74 Å².